The molecule has 19 nitrogen and oxygen atoms in total. The highest BCUT2D eigenvalue weighted by molar-refractivity contribution is 6.13. The van der Waals surface area contributed by atoms with Gasteiger partial charge in [0.15, 0.2) is 23.1 Å². The van der Waals surface area contributed by atoms with E-state index in [-0.39, 0.29) is 29.8 Å². The Morgan fingerprint density at radius 1 is 1.03 bits per heavy atom. The number of aromatic hydroxyl groups is 2. The Hall–Kier alpha value is -6.84. The number of carboxylic acids is 1. The summed E-state index contributed by atoms with van der Waals surface area (Å²) in [5.74, 6) is -7.74. The molecule has 2 aliphatic carbocycles. The van der Waals surface area contributed by atoms with Gasteiger partial charge in [0.1, 0.15) is 36.2 Å². The van der Waals surface area contributed by atoms with Gasteiger partial charge < -0.3 is 76.1 Å². The molecule has 1 amide bonds. The number of hydrogen-bond donors (Lipinski definition) is 12. The number of aromatic nitrogens is 3. The second-order valence-electron chi connectivity index (χ2n) is 17.8. The SMILES string of the molecule is N[C@@H]1CCC[C@]1(c1ccccc1)[C@@H]1C=C[C@]2(C(=O)O)[C@H]1c1cc(O)c(O[C@]3(O)O[C@H](CO)[C@@H](O)[C@H](O)[C@H]3O)cc1N2C(=O)/C=C/c1ccc(O)c(Cc2[nH]cnc2C[C@H](C=O)Nc2ccc[nH]2)c1. The van der Waals surface area contributed by atoms with Crippen LogP contribution in [0, 0.1) is 5.92 Å². The number of benzene rings is 3. The number of aldehydes is 1. The number of nitrogens with zero attached hydrogens (tertiary/aromatic N) is 2. The highest BCUT2D eigenvalue weighted by atomic mass is 16.8. The van der Waals surface area contributed by atoms with Crippen molar-refractivity contribution in [3.8, 4) is 17.2 Å². The van der Waals surface area contributed by atoms with Crippen LogP contribution in [0.15, 0.2) is 104 Å². The first-order valence-corrected chi connectivity index (χ1v) is 22.2. The molecule has 0 bridgehead atoms. The number of phenolic OH excluding ortho intramolecular Hbond substituents is 2. The predicted octanol–water partition coefficient (Wildman–Crippen LogP) is 2.06. The lowest BCUT2D eigenvalue weighted by Crippen LogP contribution is -2.67. The van der Waals surface area contributed by atoms with Gasteiger partial charge in [-0.2, -0.15) is 0 Å². The number of carboxylic acid groups (broad SMARTS) is 1. The van der Waals surface area contributed by atoms with E-state index in [1.165, 1.54) is 36.7 Å². The molecule has 2 aromatic heterocycles. The molecule has 1 saturated heterocycles. The number of allylic oxidation sites excluding steroid dienone is 1. The summed E-state index contributed by atoms with van der Waals surface area (Å²) in [4.78, 5) is 52.6. The van der Waals surface area contributed by atoms with Crippen molar-refractivity contribution in [2.24, 2.45) is 11.7 Å². The van der Waals surface area contributed by atoms with Crippen molar-refractivity contribution in [2.75, 3.05) is 16.8 Å². The van der Waals surface area contributed by atoms with Crippen molar-refractivity contribution >= 4 is 35.7 Å². The summed E-state index contributed by atoms with van der Waals surface area (Å²) in [5, 5.41) is 90.1. The number of carbonyl (C=O) groups is 3. The lowest BCUT2D eigenvalue weighted by atomic mass is 9.61. The van der Waals surface area contributed by atoms with E-state index in [0.29, 0.717) is 41.2 Å². The highest BCUT2D eigenvalue weighted by Crippen LogP contribution is 2.64. The standard InChI is InChI=1S/C49H52N6O13/c50-39-8-4-15-47(39,28-6-2-1-3-7-28)31-14-16-48(46(64)65)42(31)30-21-36(59)37(67-49(66)45(63)44(62)43(61)38(24-57)68-49)22-34(30)55(48)41(60)13-11-26-10-12-35(58)27(18-26)19-32-33(53-25-52-32)20-29(23-56)54-40-9-5-17-51-40/h1-3,5-7,9-14,16-18,21-23,25,29,31,38-39,42-45,51,54,57-59,61-63,66H,4,8,15,19-20,24,50H2,(H,52,53)(H,64,65)/b13-11+/t29-,31-,38-,39-,42+,43-,44+,45-,47+,48-,49+/m1/s1. The zero-order valence-electron chi connectivity index (χ0n) is 36.4. The fraction of sp³-hybridized carbons (Fsp3) is 0.347. The molecule has 13 N–H and O–H groups in total. The van der Waals surface area contributed by atoms with Crippen molar-refractivity contribution in [3.05, 3.63) is 137 Å². The second-order valence-corrected chi connectivity index (χ2v) is 17.8. The van der Waals surface area contributed by atoms with E-state index in [2.05, 4.69) is 20.3 Å². The summed E-state index contributed by atoms with van der Waals surface area (Å²) < 4.78 is 11.0. The van der Waals surface area contributed by atoms with Crippen LogP contribution in [0.2, 0.25) is 0 Å². The van der Waals surface area contributed by atoms with E-state index in [9.17, 15) is 55.2 Å². The van der Waals surface area contributed by atoms with Gasteiger partial charge in [-0.15, -0.1) is 0 Å². The molecule has 2 fully saturated rings. The molecule has 4 heterocycles. The third-order valence-corrected chi connectivity index (χ3v) is 14.1. The van der Waals surface area contributed by atoms with Crippen LogP contribution < -0.4 is 20.7 Å². The fourth-order valence-electron chi connectivity index (χ4n) is 10.8. The van der Waals surface area contributed by atoms with Crippen molar-refractivity contribution in [1.29, 1.82) is 0 Å². The number of fused-ring (bicyclic) bond motifs is 3. The fourth-order valence-corrected chi connectivity index (χ4v) is 10.8. The molecule has 4 aliphatic rings. The Kier molecular flexibility index (Phi) is 12.2. The number of hydrogen-bond acceptors (Lipinski definition) is 15. The van der Waals surface area contributed by atoms with Gasteiger partial charge in [0.05, 0.1) is 30.4 Å². The van der Waals surface area contributed by atoms with Crippen LogP contribution in [-0.4, -0.2) is 129 Å². The van der Waals surface area contributed by atoms with Gasteiger partial charge >= 0.3 is 11.9 Å². The average molecular weight is 933 g/mol. The van der Waals surface area contributed by atoms with Gasteiger partial charge in [0.25, 0.3) is 5.91 Å². The summed E-state index contributed by atoms with van der Waals surface area (Å²) in [6.07, 6.45) is 4.34. The molecule has 1 saturated carbocycles. The number of amides is 1. The van der Waals surface area contributed by atoms with Gasteiger partial charge in [-0.3, -0.25) is 9.69 Å². The van der Waals surface area contributed by atoms with E-state index in [0.717, 1.165) is 29.2 Å². The van der Waals surface area contributed by atoms with E-state index >= 15 is 0 Å². The maximum atomic E-state index is 14.9. The molecule has 68 heavy (non-hydrogen) atoms. The summed E-state index contributed by atoms with van der Waals surface area (Å²) >= 11 is 0. The van der Waals surface area contributed by atoms with Crippen molar-refractivity contribution in [2.45, 2.75) is 91.4 Å². The van der Waals surface area contributed by atoms with Crippen LogP contribution in [0.1, 0.15) is 58.8 Å². The Balaban J connectivity index is 1.09. The summed E-state index contributed by atoms with van der Waals surface area (Å²) in [6.45, 7) is -0.912. The maximum Gasteiger partial charge on any atom is 0.355 e. The normalized spacial score (nSPS) is 30.0. The number of imidazole rings is 1. The minimum atomic E-state index is -3.16. The first-order valence-electron chi connectivity index (χ1n) is 22.2. The lowest BCUT2D eigenvalue weighted by Gasteiger charge is -2.44. The maximum absolute atomic E-state index is 14.9. The predicted molar refractivity (Wildman–Crippen MR) is 243 cm³/mol. The number of nitrogens with two attached hydrogens (primary N) is 1. The molecule has 0 radical (unpaired) electrons. The second kappa shape index (κ2) is 18.0. The first-order chi connectivity index (χ1) is 32.6. The third-order valence-electron chi connectivity index (χ3n) is 14.1. The minimum absolute atomic E-state index is 0.0466. The van der Waals surface area contributed by atoms with Gasteiger partial charge in [0, 0.05) is 59.8 Å². The van der Waals surface area contributed by atoms with Crippen molar-refractivity contribution < 1.29 is 64.7 Å². The number of rotatable bonds is 15. The molecule has 9 rings (SSSR count). The number of phenols is 2. The van der Waals surface area contributed by atoms with E-state index < -0.39 is 95.2 Å². The van der Waals surface area contributed by atoms with E-state index in [4.69, 9.17) is 15.2 Å². The summed E-state index contributed by atoms with van der Waals surface area (Å²) in [5.41, 5.74) is 7.25. The van der Waals surface area contributed by atoms with Crippen LogP contribution in [0.5, 0.6) is 17.2 Å². The Morgan fingerprint density at radius 2 is 1.82 bits per heavy atom. The minimum Gasteiger partial charge on any atom is -0.508 e. The quantitative estimate of drug-likeness (QED) is 0.0309. The molecule has 5 aromatic rings. The summed E-state index contributed by atoms with van der Waals surface area (Å²) in [7, 11) is 0. The number of nitrogens with one attached hydrogen (secondary N) is 3. The van der Waals surface area contributed by atoms with Crippen LogP contribution in [0.25, 0.3) is 6.08 Å². The Labute approximate surface area is 388 Å². The van der Waals surface area contributed by atoms with Crippen LogP contribution >= 0.6 is 0 Å². The topological polar surface area (TPSA) is 317 Å². The number of ether oxygens (including phenoxy) is 2. The molecule has 356 valence electrons. The molecule has 2 aliphatic heterocycles. The zero-order valence-corrected chi connectivity index (χ0v) is 36.4. The molecule has 3 aromatic carbocycles. The number of carbonyl (C=O) groups excluding carboxylic acids is 2. The van der Waals surface area contributed by atoms with Crippen LogP contribution in [0.3, 0.4) is 0 Å². The summed E-state index contributed by atoms with van der Waals surface area (Å²) in [6, 6.07) is 19.1. The molecular weight excluding hydrogens is 881 g/mol. The molecular formula is C49H52N6O13. The smallest absolute Gasteiger partial charge is 0.355 e. The number of anilines is 2. The average Bonchev–Trinajstić information content (AvgIpc) is 4.19. The lowest BCUT2D eigenvalue weighted by molar-refractivity contribution is -0.422. The first kappa shape index (κ1) is 46.3. The van der Waals surface area contributed by atoms with Crippen LogP contribution in [0.4, 0.5) is 11.5 Å². The van der Waals surface area contributed by atoms with Gasteiger partial charge in [0.2, 0.25) is 0 Å². The van der Waals surface area contributed by atoms with Crippen molar-refractivity contribution in [3.63, 3.8) is 0 Å². The third kappa shape index (κ3) is 7.70. The number of aliphatic carboxylic acids is 1. The number of H-pyrrole nitrogens is 2. The molecule has 0 unspecified atom stereocenters. The molecule has 19 heteroatoms. The number of aliphatic hydroxyl groups excluding tert-OH is 4. The molecule has 11 atom stereocenters. The monoisotopic (exact) mass is 932 g/mol. The van der Waals surface area contributed by atoms with Gasteiger partial charge in [-0.05, 0) is 71.9 Å². The van der Waals surface area contributed by atoms with E-state index in [1.807, 2.05) is 30.3 Å². The number of aliphatic hydroxyl groups is 5. The largest absolute Gasteiger partial charge is 0.508 e. The highest BCUT2D eigenvalue weighted by Gasteiger charge is 2.67. The Bertz CT molecular complexity index is 2740. The van der Waals surface area contributed by atoms with Gasteiger partial charge in [-0.25, -0.2) is 9.78 Å². The van der Waals surface area contributed by atoms with Gasteiger partial charge in [-0.1, -0.05) is 55.0 Å². The number of aromatic amines is 2. The Morgan fingerprint density at radius 3 is 2.51 bits per heavy atom. The van der Waals surface area contributed by atoms with Crippen molar-refractivity contribution in [1.82, 2.24) is 15.0 Å². The zero-order chi connectivity index (χ0) is 48.1. The molecule has 0 spiro atoms. The van der Waals surface area contributed by atoms with Crippen LogP contribution in [-0.2, 0) is 37.4 Å². The van der Waals surface area contributed by atoms with E-state index in [1.54, 1.807) is 36.5 Å².